The van der Waals surface area contributed by atoms with Crippen LogP contribution in [-0.4, -0.2) is 42.9 Å². The Hall–Kier alpha value is -2.82. The van der Waals surface area contributed by atoms with Gasteiger partial charge in [-0.1, -0.05) is 24.3 Å². The van der Waals surface area contributed by atoms with E-state index in [-0.39, 0.29) is 23.7 Å². The third kappa shape index (κ3) is 4.29. The lowest BCUT2D eigenvalue weighted by Gasteiger charge is -2.36. The van der Waals surface area contributed by atoms with Crippen molar-refractivity contribution >= 4 is 23.2 Å². The topological polar surface area (TPSA) is 52.7 Å². The quantitative estimate of drug-likeness (QED) is 0.867. The number of anilines is 2. The van der Waals surface area contributed by atoms with Crippen LogP contribution < -0.4 is 10.2 Å². The average Bonchev–Trinajstić information content (AvgIpc) is 3.51. The number of amides is 2. The number of rotatable bonds is 4. The molecule has 5 nitrogen and oxygen atoms in total. The minimum Gasteiger partial charge on any atom is -0.368 e. The third-order valence-electron chi connectivity index (χ3n) is 6.05. The molecular weight excluding hydrogens is 362 g/mol. The Labute approximate surface area is 172 Å². The van der Waals surface area contributed by atoms with Gasteiger partial charge < -0.3 is 15.1 Å². The molecule has 0 spiro atoms. The van der Waals surface area contributed by atoms with Crippen LogP contribution in [0.15, 0.2) is 42.5 Å². The molecule has 1 aliphatic carbocycles. The van der Waals surface area contributed by atoms with Crippen LogP contribution in [0.3, 0.4) is 0 Å². The maximum atomic E-state index is 12.9. The molecule has 152 valence electrons. The Morgan fingerprint density at radius 1 is 0.897 bits per heavy atom. The molecule has 1 N–H and O–H groups in total. The number of benzene rings is 2. The summed E-state index contributed by atoms with van der Waals surface area (Å²) < 4.78 is 0. The van der Waals surface area contributed by atoms with Gasteiger partial charge in [0.2, 0.25) is 11.8 Å². The van der Waals surface area contributed by atoms with Crippen molar-refractivity contribution in [2.75, 3.05) is 36.4 Å². The van der Waals surface area contributed by atoms with Crippen LogP contribution >= 0.6 is 0 Å². The first-order valence-corrected chi connectivity index (χ1v) is 10.4. The van der Waals surface area contributed by atoms with Crippen LogP contribution in [-0.2, 0) is 9.59 Å². The number of hydrogen-bond donors (Lipinski definition) is 1. The van der Waals surface area contributed by atoms with Crippen molar-refractivity contribution < 1.29 is 9.59 Å². The van der Waals surface area contributed by atoms with Crippen molar-refractivity contribution in [2.24, 2.45) is 11.8 Å². The molecule has 0 aromatic heterocycles. The SMILES string of the molecule is Cc1cccc(N2CCN(C(=O)C3CC3C(=O)Nc3cc(C)ccc3C)CC2)c1. The zero-order chi connectivity index (χ0) is 20.5. The standard InChI is InChI=1S/C24H29N3O2/c1-16-5-4-6-19(13-16)26-9-11-27(12-10-26)24(29)21-15-20(21)23(28)25-22-14-17(2)7-8-18(22)3/h4-8,13-14,20-21H,9-12,15H2,1-3H3,(H,25,28). The first-order valence-electron chi connectivity index (χ1n) is 10.4. The highest BCUT2D eigenvalue weighted by Crippen LogP contribution is 2.41. The van der Waals surface area contributed by atoms with E-state index in [0.717, 1.165) is 29.9 Å². The van der Waals surface area contributed by atoms with Gasteiger partial charge in [-0.15, -0.1) is 0 Å². The molecule has 1 saturated heterocycles. The Kier molecular flexibility index (Phi) is 5.31. The molecule has 1 aliphatic heterocycles. The van der Waals surface area contributed by atoms with Crippen molar-refractivity contribution in [2.45, 2.75) is 27.2 Å². The number of nitrogens with zero attached hydrogens (tertiary/aromatic N) is 2. The lowest BCUT2D eigenvalue weighted by atomic mass is 10.1. The fourth-order valence-corrected chi connectivity index (χ4v) is 4.10. The van der Waals surface area contributed by atoms with Gasteiger partial charge in [-0.3, -0.25) is 9.59 Å². The number of hydrogen-bond acceptors (Lipinski definition) is 3. The van der Waals surface area contributed by atoms with Crippen LogP contribution in [0.2, 0.25) is 0 Å². The average molecular weight is 392 g/mol. The number of nitrogens with one attached hydrogen (secondary N) is 1. The number of carbonyl (C=O) groups is 2. The molecule has 5 heteroatoms. The minimum absolute atomic E-state index is 0.0320. The summed E-state index contributed by atoms with van der Waals surface area (Å²) in [4.78, 5) is 29.7. The van der Waals surface area contributed by atoms with E-state index >= 15 is 0 Å². The molecule has 1 heterocycles. The number of carbonyl (C=O) groups excluding carboxylic acids is 2. The predicted molar refractivity (Wildman–Crippen MR) is 116 cm³/mol. The molecular formula is C24H29N3O2. The van der Waals surface area contributed by atoms with Crippen molar-refractivity contribution in [1.82, 2.24) is 4.90 Å². The lowest BCUT2D eigenvalue weighted by molar-refractivity contribution is -0.134. The van der Waals surface area contributed by atoms with Crippen molar-refractivity contribution in [3.05, 3.63) is 59.2 Å². The van der Waals surface area contributed by atoms with Crippen molar-refractivity contribution in [3.8, 4) is 0 Å². The van der Waals surface area contributed by atoms with Gasteiger partial charge in [0.25, 0.3) is 0 Å². The molecule has 2 fully saturated rings. The van der Waals surface area contributed by atoms with Gasteiger partial charge in [0, 0.05) is 37.6 Å². The molecule has 2 aliphatic rings. The first kappa shape index (κ1) is 19.5. The second-order valence-electron chi connectivity index (χ2n) is 8.41. The smallest absolute Gasteiger partial charge is 0.228 e. The second-order valence-corrected chi connectivity index (χ2v) is 8.41. The maximum Gasteiger partial charge on any atom is 0.228 e. The molecule has 2 aromatic carbocycles. The Balaban J connectivity index is 1.30. The van der Waals surface area contributed by atoms with Gasteiger partial charge >= 0.3 is 0 Å². The summed E-state index contributed by atoms with van der Waals surface area (Å²) in [5.41, 5.74) is 5.46. The molecule has 2 aromatic rings. The van der Waals surface area contributed by atoms with E-state index < -0.39 is 0 Å². The van der Waals surface area contributed by atoms with Crippen LogP contribution in [0.25, 0.3) is 0 Å². The highest BCUT2D eigenvalue weighted by Gasteiger charge is 2.49. The molecule has 2 amide bonds. The fraction of sp³-hybridized carbons (Fsp3) is 0.417. The summed E-state index contributed by atoms with van der Waals surface area (Å²) in [6.07, 6.45) is 0.660. The summed E-state index contributed by atoms with van der Waals surface area (Å²) in [6, 6.07) is 14.5. The third-order valence-corrected chi connectivity index (χ3v) is 6.05. The van der Waals surface area contributed by atoms with Gasteiger partial charge in [-0.05, 0) is 62.1 Å². The van der Waals surface area contributed by atoms with E-state index in [9.17, 15) is 9.59 Å². The zero-order valence-electron chi connectivity index (χ0n) is 17.4. The fourth-order valence-electron chi connectivity index (χ4n) is 4.10. The van der Waals surface area contributed by atoms with Gasteiger partial charge in [0.1, 0.15) is 0 Å². The molecule has 2 unspecified atom stereocenters. The molecule has 29 heavy (non-hydrogen) atoms. The van der Waals surface area contributed by atoms with Crippen LogP contribution in [0.1, 0.15) is 23.1 Å². The Morgan fingerprint density at radius 3 is 2.34 bits per heavy atom. The summed E-state index contributed by atoms with van der Waals surface area (Å²) in [5, 5.41) is 3.02. The van der Waals surface area contributed by atoms with E-state index in [1.54, 1.807) is 0 Å². The molecule has 0 radical (unpaired) electrons. The van der Waals surface area contributed by atoms with Crippen LogP contribution in [0, 0.1) is 32.6 Å². The maximum absolute atomic E-state index is 12.9. The van der Waals surface area contributed by atoms with Crippen LogP contribution in [0.5, 0.6) is 0 Å². The van der Waals surface area contributed by atoms with E-state index in [2.05, 4.69) is 41.4 Å². The van der Waals surface area contributed by atoms with Gasteiger partial charge in [0.15, 0.2) is 0 Å². The molecule has 1 saturated carbocycles. The van der Waals surface area contributed by atoms with Gasteiger partial charge in [0.05, 0.1) is 11.8 Å². The van der Waals surface area contributed by atoms with E-state index in [4.69, 9.17) is 0 Å². The Bertz CT molecular complexity index is 931. The number of piperazine rings is 1. The summed E-state index contributed by atoms with van der Waals surface area (Å²) in [6.45, 7) is 9.19. The monoisotopic (exact) mass is 391 g/mol. The highest BCUT2D eigenvalue weighted by molar-refractivity contribution is 6.00. The van der Waals surface area contributed by atoms with Crippen molar-refractivity contribution in [1.29, 1.82) is 0 Å². The zero-order valence-corrected chi connectivity index (χ0v) is 17.4. The summed E-state index contributed by atoms with van der Waals surface area (Å²) in [7, 11) is 0. The first-order chi connectivity index (χ1) is 13.9. The largest absolute Gasteiger partial charge is 0.368 e. The van der Waals surface area contributed by atoms with Crippen molar-refractivity contribution in [3.63, 3.8) is 0 Å². The molecule has 2 atom stereocenters. The van der Waals surface area contributed by atoms with Gasteiger partial charge in [-0.25, -0.2) is 0 Å². The van der Waals surface area contributed by atoms with E-state index in [1.807, 2.05) is 36.9 Å². The minimum atomic E-state index is -0.197. The predicted octanol–water partition coefficient (Wildman–Crippen LogP) is 3.54. The molecule has 0 bridgehead atoms. The highest BCUT2D eigenvalue weighted by atomic mass is 16.2. The summed E-state index contributed by atoms with van der Waals surface area (Å²) in [5.74, 6) is -0.256. The number of aryl methyl sites for hydroxylation is 3. The van der Waals surface area contributed by atoms with Crippen LogP contribution in [0.4, 0.5) is 11.4 Å². The van der Waals surface area contributed by atoms with Gasteiger partial charge in [-0.2, -0.15) is 0 Å². The lowest BCUT2D eigenvalue weighted by Crippen LogP contribution is -2.49. The van der Waals surface area contributed by atoms with E-state index in [1.165, 1.54) is 11.3 Å². The van der Waals surface area contributed by atoms with E-state index in [0.29, 0.717) is 19.5 Å². The molecule has 4 rings (SSSR count). The second kappa shape index (κ2) is 7.90. The summed E-state index contributed by atoms with van der Waals surface area (Å²) >= 11 is 0. The normalized spacial score (nSPS) is 21.1. The Morgan fingerprint density at radius 2 is 1.62 bits per heavy atom.